The molecule has 0 bridgehead atoms. The Labute approximate surface area is 161 Å². The molecule has 0 fully saturated rings. The van der Waals surface area contributed by atoms with Gasteiger partial charge in [-0.05, 0) is 48.9 Å². The minimum absolute atomic E-state index is 0.218. The molecule has 3 rings (SSSR count). The second kappa shape index (κ2) is 8.52. The SMILES string of the molecule is CC(NC(=O)c1ccccc1Sc1ccccc1C#N)c1ccc(F)cc1. The van der Waals surface area contributed by atoms with Crippen LogP contribution in [0.15, 0.2) is 82.6 Å². The van der Waals surface area contributed by atoms with Gasteiger partial charge in [0.25, 0.3) is 5.91 Å². The number of amides is 1. The Morgan fingerprint density at radius 2 is 1.63 bits per heavy atom. The van der Waals surface area contributed by atoms with Crippen LogP contribution in [0.1, 0.15) is 34.5 Å². The summed E-state index contributed by atoms with van der Waals surface area (Å²) in [6.45, 7) is 1.85. The molecule has 3 aromatic carbocycles. The monoisotopic (exact) mass is 376 g/mol. The first-order valence-corrected chi connectivity index (χ1v) is 9.22. The minimum atomic E-state index is -0.310. The zero-order valence-electron chi connectivity index (χ0n) is 14.6. The van der Waals surface area contributed by atoms with Gasteiger partial charge in [0.2, 0.25) is 0 Å². The number of hydrogen-bond donors (Lipinski definition) is 1. The fourth-order valence-electron chi connectivity index (χ4n) is 2.62. The average Bonchev–Trinajstić information content (AvgIpc) is 2.69. The molecule has 0 radical (unpaired) electrons. The van der Waals surface area contributed by atoms with Gasteiger partial charge in [-0.3, -0.25) is 4.79 Å². The van der Waals surface area contributed by atoms with E-state index in [1.165, 1.54) is 23.9 Å². The topological polar surface area (TPSA) is 52.9 Å². The molecular formula is C22H17FN2OS. The maximum absolute atomic E-state index is 13.1. The highest BCUT2D eigenvalue weighted by atomic mass is 32.2. The van der Waals surface area contributed by atoms with Crippen LogP contribution in [0, 0.1) is 17.1 Å². The molecule has 0 spiro atoms. The van der Waals surface area contributed by atoms with Gasteiger partial charge in [0.15, 0.2) is 0 Å². The summed E-state index contributed by atoms with van der Waals surface area (Å²) in [5.74, 6) is -0.528. The van der Waals surface area contributed by atoms with Crippen molar-refractivity contribution in [2.45, 2.75) is 22.8 Å². The first-order chi connectivity index (χ1) is 13.1. The van der Waals surface area contributed by atoms with Gasteiger partial charge in [-0.15, -0.1) is 0 Å². The molecule has 0 saturated carbocycles. The van der Waals surface area contributed by atoms with Crippen LogP contribution in [0.25, 0.3) is 0 Å². The smallest absolute Gasteiger partial charge is 0.252 e. The normalized spacial score (nSPS) is 11.4. The Morgan fingerprint density at radius 1 is 1.00 bits per heavy atom. The van der Waals surface area contributed by atoms with Crippen LogP contribution in [-0.2, 0) is 0 Å². The van der Waals surface area contributed by atoms with Crippen molar-refractivity contribution in [2.24, 2.45) is 0 Å². The summed E-state index contributed by atoms with van der Waals surface area (Å²) in [7, 11) is 0. The molecule has 0 aliphatic rings. The van der Waals surface area contributed by atoms with E-state index in [4.69, 9.17) is 0 Å². The third-order valence-corrected chi connectivity index (χ3v) is 5.23. The Hall–Kier alpha value is -3.10. The van der Waals surface area contributed by atoms with Crippen molar-refractivity contribution in [1.29, 1.82) is 5.26 Å². The maximum Gasteiger partial charge on any atom is 0.252 e. The van der Waals surface area contributed by atoms with E-state index >= 15 is 0 Å². The Balaban J connectivity index is 1.81. The molecule has 0 saturated heterocycles. The summed E-state index contributed by atoms with van der Waals surface area (Å²) in [6, 6.07) is 22.5. The number of carbonyl (C=O) groups excluding carboxylic acids is 1. The molecule has 1 amide bonds. The van der Waals surface area contributed by atoms with Crippen LogP contribution in [0.4, 0.5) is 4.39 Å². The summed E-state index contributed by atoms with van der Waals surface area (Å²) in [5, 5.41) is 12.2. The molecule has 0 aliphatic heterocycles. The molecule has 1 unspecified atom stereocenters. The van der Waals surface area contributed by atoms with Crippen LogP contribution in [0.2, 0.25) is 0 Å². The van der Waals surface area contributed by atoms with Gasteiger partial charge in [0.1, 0.15) is 11.9 Å². The summed E-state index contributed by atoms with van der Waals surface area (Å²) < 4.78 is 13.1. The number of nitriles is 1. The standard InChI is InChI=1S/C22H17FN2OS/c1-15(16-10-12-18(23)13-11-16)25-22(26)19-7-3-5-9-21(19)27-20-8-4-2-6-17(20)14-24/h2-13,15H,1H3,(H,25,26). The minimum Gasteiger partial charge on any atom is -0.345 e. The van der Waals surface area contributed by atoms with Crippen molar-refractivity contribution in [3.05, 3.63) is 95.3 Å². The predicted octanol–water partition coefficient (Wildman–Crippen LogP) is 5.34. The van der Waals surface area contributed by atoms with Crippen LogP contribution < -0.4 is 5.32 Å². The molecule has 1 N–H and O–H groups in total. The van der Waals surface area contributed by atoms with Crippen molar-refractivity contribution in [3.63, 3.8) is 0 Å². The van der Waals surface area contributed by atoms with Crippen molar-refractivity contribution < 1.29 is 9.18 Å². The van der Waals surface area contributed by atoms with E-state index in [-0.39, 0.29) is 17.8 Å². The van der Waals surface area contributed by atoms with Gasteiger partial charge in [-0.25, -0.2) is 4.39 Å². The summed E-state index contributed by atoms with van der Waals surface area (Å²) in [4.78, 5) is 14.4. The van der Waals surface area contributed by atoms with Gasteiger partial charge in [0, 0.05) is 9.79 Å². The Bertz CT molecular complexity index is 996. The maximum atomic E-state index is 13.1. The molecule has 5 heteroatoms. The van der Waals surface area contributed by atoms with Gasteiger partial charge in [-0.1, -0.05) is 48.2 Å². The van der Waals surface area contributed by atoms with Gasteiger partial charge >= 0.3 is 0 Å². The third-order valence-electron chi connectivity index (χ3n) is 4.08. The lowest BCUT2D eigenvalue weighted by atomic mass is 10.1. The highest BCUT2D eigenvalue weighted by Crippen LogP contribution is 2.32. The third kappa shape index (κ3) is 4.55. The lowest BCUT2D eigenvalue weighted by molar-refractivity contribution is 0.0937. The highest BCUT2D eigenvalue weighted by molar-refractivity contribution is 7.99. The van der Waals surface area contributed by atoms with Crippen LogP contribution in [0.3, 0.4) is 0 Å². The molecule has 0 aliphatic carbocycles. The lowest BCUT2D eigenvalue weighted by Gasteiger charge is -2.16. The number of carbonyl (C=O) groups is 1. The quantitative estimate of drug-likeness (QED) is 0.654. The fraction of sp³-hybridized carbons (Fsp3) is 0.0909. The summed E-state index contributed by atoms with van der Waals surface area (Å²) >= 11 is 1.39. The van der Waals surface area contributed by atoms with Crippen molar-refractivity contribution in [1.82, 2.24) is 5.32 Å². The van der Waals surface area contributed by atoms with E-state index in [1.807, 2.05) is 37.3 Å². The molecular weight excluding hydrogens is 359 g/mol. The Kier molecular flexibility index (Phi) is 5.90. The average molecular weight is 376 g/mol. The molecule has 134 valence electrons. The van der Waals surface area contributed by atoms with Crippen LogP contribution in [0.5, 0.6) is 0 Å². The fourth-order valence-corrected chi connectivity index (χ4v) is 3.64. The summed E-state index contributed by atoms with van der Waals surface area (Å²) in [6.07, 6.45) is 0. The second-order valence-corrected chi connectivity index (χ2v) is 7.04. The summed E-state index contributed by atoms with van der Waals surface area (Å²) in [5.41, 5.74) is 1.92. The van der Waals surface area contributed by atoms with E-state index < -0.39 is 0 Å². The largest absolute Gasteiger partial charge is 0.345 e. The Morgan fingerprint density at radius 3 is 2.33 bits per heavy atom. The first kappa shape index (κ1) is 18.7. The molecule has 0 heterocycles. The van der Waals surface area contributed by atoms with E-state index in [0.717, 1.165) is 15.4 Å². The zero-order chi connectivity index (χ0) is 19.2. The lowest BCUT2D eigenvalue weighted by Crippen LogP contribution is -2.27. The number of rotatable bonds is 5. The van der Waals surface area contributed by atoms with Crippen LogP contribution in [-0.4, -0.2) is 5.91 Å². The number of benzene rings is 3. The van der Waals surface area contributed by atoms with Gasteiger partial charge in [-0.2, -0.15) is 5.26 Å². The van der Waals surface area contributed by atoms with E-state index in [9.17, 15) is 14.4 Å². The zero-order valence-corrected chi connectivity index (χ0v) is 15.5. The van der Waals surface area contributed by atoms with Crippen molar-refractivity contribution in [3.8, 4) is 6.07 Å². The second-order valence-electron chi connectivity index (χ2n) is 5.95. The number of nitrogens with zero attached hydrogens (tertiary/aromatic N) is 1. The number of hydrogen-bond acceptors (Lipinski definition) is 3. The van der Waals surface area contributed by atoms with Gasteiger partial charge < -0.3 is 5.32 Å². The number of halogens is 1. The van der Waals surface area contributed by atoms with Crippen molar-refractivity contribution in [2.75, 3.05) is 0 Å². The molecule has 1 atom stereocenters. The molecule has 27 heavy (non-hydrogen) atoms. The van der Waals surface area contributed by atoms with E-state index in [0.29, 0.717) is 11.1 Å². The molecule has 0 aromatic heterocycles. The first-order valence-electron chi connectivity index (χ1n) is 8.41. The van der Waals surface area contributed by atoms with Gasteiger partial charge in [0.05, 0.1) is 17.2 Å². The molecule has 3 nitrogen and oxygen atoms in total. The molecule has 3 aromatic rings. The highest BCUT2D eigenvalue weighted by Gasteiger charge is 2.16. The number of nitrogens with one attached hydrogen (secondary N) is 1. The van der Waals surface area contributed by atoms with Crippen molar-refractivity contribution >= 4 is 17.7 Å². The van der Waals surface area contributed by atoms with E-state index in [2.05, 4.69) is 11.4 Å². The van der Waals surface area contributed by atoms with E-state index in [1.54, 1.807) is 30.3 Å². The predicted molar refractivity (Wildman–Crippen MR) is 104 cm³/mol. The van der Waals surface area contributed by atoms with Crippen LogP contribution >= 0.6 is 11.8 Å².